The minimum Gasteiger partial charge on any atom is -0.381 e. The number of hydrogen-bond donors (Lipinski definition) is 1. The van der Waals surface area contributed by atoms with Crippen molar-refractivity contribution in [3.05, 3.63) is 29.6 Å². The molecule has 1 aliphatic rings. The molecule has 1 saturated heterocycles. The summed E-state index contributed by atoms with van der Waals surface area (Å²) in [6, 6.07) is 5.40. The second kappa shape index (κ2) is 9.00. The Morgan fingerprint density at radius 1 is 1.29 bits per heavy atom. The molecule has 1 aromatic heterocycles. The summed E-state index contributed by atoms with van der Waals surface area (Å²) in [5.41, 5.74) is 1.53. The Morgan fingerprint density at radius 3 is 2.43 bits per heavy atom. The molecule has 1 N–H and O–H groups in total. The molecule has 2 rings (SSSR count). The topological polar surface area (TPSA) is 34.1 Å². The van der Waals surface area contributed by atoms with Crippen molar-refractivity contribution in [2.24, 2.45) is 0 Å². The zero-order valence-electron chi connectivity index (χ0n) is 12.5. The van der Waals surface area contributed by atoms with Crippen LogP contribution in [0.15, 0.2) is 18.2 Å². The van der Waals surface area contributed by atoms with E-state index in [4.69, 9.17) is 4.74 Å². The number of pyridine rings is 1. The molecule has 3 nitrogen and oxygen atoms in total. The van der Waals surface area contributed by atoms with Gasteiger partial charge in [-0.05, 0) is 30.9 Å². The van der Waals surface area contributed by atoms with E-state index in [2.05, 4.69) is 10.3 Å². The maximum atomic E-state index is 11.9. The van der Waals surface area contributed by atoms with Crippen molar-refractivity contribution in [3.63, 3.8) is 0 Å². The van der Waals surface area contributed by atoms with Gasteiger partial charge in [-0.3, -0.25) is 4.98 Å². The van der Waals surface area contributed by atoms with Gasteiger partial charge in [0.15, 0.2) is 0 Å². The maximum absolute atomic E-state index is 11.9. The Balaban J connectivity index is 0.000000622. The normalized spacial score (nSPS) is 15.0. The Morgan fingerprint density at radius 2 is 1.95 bits per heavy atom. The lowest BCUT2D eigenvalue weighted by molar-refractivity contribution is -0.125. The number of halogens is 3. The first kappa shape index (κ1) is 17.9. The molecule has 0 amide bonds. The molecule has 21 heavy (non-hydrogen) atoms. The van der Waals surface area contributed by atoms with Gasteiger partial charge in [0.25, 0.3) is 0 Å². The van der Waals surface area contributed by atoms with Crippen molar-refractivity contribution >= 4 is 0 Å². The van der Waals surface area contributed by atoms with Crippen LogP contribution in [-0.2, 0) is 11.3 Å². The fourth-order valence-electron chi connectivity index (χ4n) is 1.76. The average molecular weight is 306 g/mol. The van der Waals surface area contributed by atoms with E-state index in [0.717, 1.165) is 18.9 Å². The highest BCUT2D eigenvalue weighted by Gasteiger charge is 2.26. The van der Waals surface area contributed by atoms with Crippen molar-refractivity contribution in [2.45, 2.75) is 45.3 Å². The Hall–Kier alpha value is -1.14. The van der Waals surface area contributed by atoms with Crippen LogP contribution in [-0.4, -0.2) is 30.9 Å². The van der Waals surface area contributed by atoms with Gasteiger partial charge in [-0.1, -0.05) is 19.9 Å². The van der Waals surface area contributed by atoms with E-state index in [-0.39, 0.29) is 13.9 Å². The van der Waals surface area contributed by atoms with Crippen LogP contribution in [0.25, 0.3) is 0 Å². The lowest BCUT2D eigenvalue weighted by Crippen LogP contribution is -2.28. The van der Waals surface area contributed by atoms with Gasteiger partial charge in [-0.25, -0.2) is 0 Å². The largest absolute Gasteiger partial charge is 0.401 e. The molecule has 0 saturated carbocycles. The van der Waals surface area contributed by atoms with Crippen LogP contribution < -0.4 is 5.32 Å². The van der Waals surface area contributed by atoms with Gasteiger partial charge in [0, 0.05) is 26.9 Å². The number of aromatic nitrogens is 1. The molecule has 0 unspecified atom stereocenters. The molecule has 0 spiro atoms. The van der Waals surface area contributed by atoms with E-state index in [9.17, 15) is 13.2 Å². The summed E-state index contributed by atoms with van der Waals surface area (Å²) in [5, 5.41) is 2.32. The summed E-state index contributed by atoms with van der Waals surface area (Å²) in [4.78, 5) is 4.26. The van der Waals surface area contributed by atoms with Gasteiger partial charge in [0.1, 0.15) is 0 Å². The van der Waals surface area contributed by atoms with Crippen molar-refractivity contribution < 1.29 is 19.3 Å². The first-order valence-electron chi connectivity index (χ1n) is 7.19. The third-order valence-corrected chi connectivity index (χ3v) is 2.88. The van der Waals surface area contributed by atoms with Crippen LogP contribution in [0.3, 0.4) is 0 Å². The van der Waals surface area contributed by atoms with Gasteiger partial charge in [0.05, 0.1) is 12.2 Å². The van der Waals surface area contributed by atoms with E-state index in [1.165, 1.54) is 12.8 Å². The second-order valence-corrected chi connectivity index (χ2v) is 5.25. The van der Waals surface area contributed by atoms with Gasteiger partial charge >= 0.3 is 6.18 Å². The molecule has 0 aromatic carbocycles. The van der Waals surface area contributed by atoms with E-state index < -0.39 is 12.7 Å². The van der Waals surface area contributed by atoms with Gasteiger partial charge in [-0.15, -0.1) is 0 Å². The van der Waals surface area contributed by atoms with E-state index in [1.807, 2.05) is 26.0 Å². The smallest absolute Gasteiger partial charge is 0.381 e. The van der Waals surface area contributed by atoms with Crippen LogP contribution in [0.1, 0.15) is 45.4 Å². The minimum atomic E-state index is -4.17. The van der Waals surface area contributed by atoms with Crippen molar-refractivity contribution in [2.75, 3.05) is 19.8 Å². The number of nitrogens with one attached hydrogen (secondary N) is 1. The second-order valence-electron chi connectivity index (χ2n) is 5.25. The number of hydrogen-bond acceptors (Lipinski definition) is 3. The molecule has 0 aliphatic carbocycles. The predicted molar refractivity (Wildman–Crippen MR) is 78.3 cm³/mol. The highest BCUT2D eigenvalue weighted by atomic mass is 19.4. The molecule has 1 fully saturated rings. The first-order chi connectivity index (χ1) is 9.88. The van der Waals surface area contributed by atoms with Crippen LogP contribution in [0.5, 0.6) is 0 Å². The molecule has 1 aromatic rings. The quantitative estimate of drug-likeness (QED) is 0.916. The molecular formula is C15H25F3N2O. The number of ether oxygens (including phenoxy) is 1. The SMILES string of the molecule is C1CCOC1.CC(C)c1cccc(CNCC(F)(F)F)n1.[HH]. The molecule has 2 heterocycles. The third kappa shape index (κ3) is 8.67. The Kier molecular flexibility index (Phi) is 7.67. The fraction of sp³-hybridized carbons (Fsp3) is 0.667. The maximum Gasteiger partial charge on any atom is 0.401 e. The molecule has 0 radical (unpaired) electrons. The van der Waals surface area contributed by atoms with Crippen LogP contribution in [0.2, 0.25) is 0 Å². The van der Waals surface area contributed by atoms with Crippen LogP contribution in [0.4, 0.5) is 13.2 Å². The standard InChI is InChI=1S/C11H15F3N2.C4H8O.H2/c1-8(2)10-5-3-4-9(16-10)6-15-7-11(12,13)14;1-2-4-5-3-1;/h3-5,8,15H,6-7H2,1-2H3;1-4H2;1H. The van der Waals surface area contributed by atoms with Gasteiger partial charge in [0.2, 0.25) is 0 Å². The fourth-order valence-corrected chi connectivity index (χ4v) is 1.76. The summed E-state index contributed by atoms with van der Waals surface area (Å²) < 4.78 is 40.6. The van der Waals surface area contributed by atoms with Crippen molar-refractivity contribution in [1.29, 1.82) is 0 Å². The van der Waals surface area contributed by atoms with E-state index in [1.54, 1.807) is 6.07 Å². The highest BCUT2D eigenvalue weighted by molar-refractivity contribution is 5.13. The Bertz CT molecular complexity index is 402. The Labute approximate surface area is 125 Å². The molecule has 0 atom stereocenters. The van der Waals surface area contributed by atoms with Crippen molar-refractivity contribution in [1.82, 2.24) is 10.3 Å². The molecule has 122 valence electrons. The summed E-state index contributed by atoms with van der Waals surface area (Å²) in [6.07, 6.45) is -1.62. The lowest BCUT2D eigenvalue weighted by Gasteiger charge is -2.09. The molecular weight excluding hydrogens is 281 g/mol. The molecule has 6 heteroatoms. The summed E-state index contributed by atoms with van der Waals surface area (Å²) in [5.74, 6) is 0.280. The lowest BCUT2D eigenvalue weighted by atomic mass is 10.1. The molecule has 1 aliphatic heterocycles. The van der Waals surface area contributed by atoms with Crippen molar-refractivity contribution in [3.8, 4) is 0 Å². The number of rotatable bonds is 4. The van der Waals surface area contributed by atoms with Crippen LogP contribution >= 0.6 is 0 Å². The van der Waals surface area contributed by atoms with E-state index >= 15 is 0 Å². The summed E-state index contributed by atoms with van der Waals surface area (Å²) in [6.45, 7) is 5.14. The highest BCUT2D eigenvalue weighted by Crippen LogP contribution is 2.13. The zero-order valence-corrected chi connectivity index (χ0v) is 12.5. The van der Waals surface area contributed by atoms with Crippen LogP contribution in [0, 0.1) is 0 Å². The van der Waals surface area contributed by atoms with E-state index in [0.29, 0.717) is 5.69 Å². The first-order valence-corrected chi connectivity index (χ1v) is 7.19. The third-order valence-electron chi connectivity index (χ3n) is 2.88. The minimum absolute atomic E-state index is 0. The van der Waals surface area contributed by atoms with Gasteiger partial charge in [-0.2, -0.15) is 13.2 Å². The number of alkyl halides is 3. The summed E-state index contributed by atoms with van der Waals surface area (Å²) >= 11 is 0. The zero-order chi connectivity index (χ0) is 15.7. The number of nitrogens with zero attached hydrogens (tertiary/aromatic N) is 1. The summed E-state index contributed by atoms with van der Waals surface area (Å²) in [7, 11) is 0. The monoisotopic (exact) mass is 306 g/mol. The molecule has 0 bridgehead atoms. The average Bonchev–Trinajstić information content (AvgIpc) is 2.96. The predicted octanol–water partition coefficient (Wildman–Crippen LogP) is 3.90. The van der Waals surface area contributed by atoms with Gasteiger partial charge < -0.3 is 10.1 Å².